The van der Waals surface area contributed by atoms with Crippen molar-refractivity contribution in [3.8, 4) is 0 Å². The summed E-state index contributed by atoms with van der Waals surface area (Å²) in [5.41, 5.74) is -2.06. The van der Waals surface area contributed by atoms with Gasteiger partial charge in [-0.05, 0) is 6.92 Å². The van der Waals surface area contributed by atoms with E-state index in [4.69, 9.17) is 5.11 Å². The number of sulfonamides is 1. The van der Waals surface area contributed by atoms with Crippen LogP contribution in [0.15, 0.2) is 12.1 Å². The number of hydrogen-bond donors (Lipinski definition) is 2. The fourth-order valence-corrected chi connectivity index (χ4v) is 2.04. The van der Waals surface area contributed by atoms with Gasteiger partial charge in [-0.15, -0.1) is 0 Å². The van der Waals surface area contributed by atoms with Crippen molar-refractivity contribution >= 4 is 27.4 Å². The second kappa shape index (κ2) is 5.36. The molecule has 0 saturated heterocycles. The van der Waals surface area contributed by atoms with Gasteiger partial charge in [0.15, 0.2) is 11.1 Å². The molecule has 0 fully saturated rings. The Labute approximate surface area is 111 Å². The van der Waals surface area contributed by atoms with Crippen LogP contribution in [-0.4, -0.2) is 29.7 Å². The molecule has 8 nitrogen and oxygen atoms in total. The number of nitrogens with zero attached hydrogens (tertiary/aromatic N) is 1. The van der Waals surface area contributed by atoms with Gasteiger partial charge >= 0.3 is 11.7 Å². The highest BCUT2D eigenvalue weighted by molar-refractivity contribution is 7.94. The second-order valence-corrected chi connectivity index (χ2v) is 5.67. The normalized spacial score (nSPS) is 12.8. The lowest BCUT2D eigenvalue weighted by atomic mass is 10.2. The summed E-state index contributed by atoms with van der Waals surface area (Å²) in [5, 5.41) is 17.1. The lowest BCUT2D eigenvalue weighted by Gasteiger charge is -2.11. The number of hydrogen-bond acceptors (Lipinski definition) is 5. The predicted octanol–water partition coefficient (Wildman–Crippen LogP) is 1.09. The molecular weight excluding hydrogens is 302 g/mol. The lowest BCUT2D eigenvalue weighted by Crippen LogP contribution is -2.32. The molecule has 2 N–H and O–H groups in total. The molecule has 11 heteroatoms. The molecule has 0 aromatic heterocycles. The molecule has 0 saturated carbocycles. The molecule has 1 aromatic rings. The van der Waals surface area contributed by atoms with Crippen LogP contribution in [0.3, 0.4) is 0 Å². The molecule has 1 atom stereocenters. The summed E-state index contributed by atoms with van der Waals surface area (Å²) in [4.78, 5) is 19.9. The van der Waals surface area contributed by atoms with Crippen LogP contribution in [0.25, 0.3) is 0 Å². The van der Waals surface area contributed by atoms with Crippen molar-refractivity contribution in [3.05, 3.63) is 33.9 Å². The number of aliphatic carboxylic acids is 1. The Morgan fingerprint density at radius 3 is 2.40 bits per heavy atom. The summed E-state index contributed by atoms with van der Waals surface area (Å²) in [6.45, 7) is 0.820. The minimum atomic E-state index is -4.52. The Morgan fingerprint density at radius 1 is 1.40 bits per heavy atom. The van der Waals surface area contributed by atoms with E-state index < -0.39 is 49.2 Å². The first-order valence-corrected chi connectivity index (χ1v) is 6.48. The van der Waals surface area contributed by atoms with E-state index >= 15 is 0 Å². The van der Waals surface area contributed by atoms with Crippen LogP contribution in [-0.2, 0) is 14.8 Å². The summed E-state index contributed by atoms with van der Waals surface area (Å²) in [6, 6.07) is 0.457. The predicted molar refractivity (Wildman–Crippen MR) is 62.7 cm³/mol. The van der Waals surface area contributed by atoms with Crippen molar-refractivity contribution < 1.29 is 32.0 Å². The maximum absolute atomic E-state index is 13.4. The van der Waals surface area contributed by atoms with Gasteiger partial charge in [0.25, 0.3) is 0 Å². The number of benzene rings is 1. The van der Waals surface area contributed by atoms with Gasteiger partial charge < -0.3 is 5.11 Å². The molecule has 20 heavy (non-hydrogen) atoms. The SMILES string of the molecule is CC(C(=O)O)S(=O)(=O)Nc1cc([N+](=O)[O-])c(F)cc1F. The first-order chi connectivity index (χ1) is 9.06. The monoisotopic (exact) mass is 310 g/mol. The lowest BCUT2D eigenvalue weighted by molar-refractivity contribution is -0.387. The van der Waals surface area contributed by atoms with Crippen molar-refractivity contribution in [2.75, 3.05) is 4.72 Å². The van der Waals surface area contributed by atoms with E-state index in [0.717, 1.165) is 6.92 Å². The zero-order valence-corrected chi connectivity index (χ0v) is 10.6. The molecule has 0 amide bonds. The number of nitro benzene ring substituents is 1. The van der Waals surface area contributed by atoms with E-state index in [0.29, 0.717) is 6.07 Å². The third kappa shape index (κ3) is 3.17. The molecule has 0 aliphatic carbocycles. The second-order valence-electron chi connectivity index (χ2n) is 3.67. The van der Waals surface area contributed by atoms with Crippen molar-refractivity contribution in [1.29, 1.82) is 0 Å². The number of nitro groups is 1. The van der Waals surface area contributed by atoms with E-state index in [2.05, 4.69) is 0 Å². The van der Waals surface area contributed by atoms with E-state index in [9.17, 15) is 32.1 Å². The summed E-state index contributed by atoms with van der Waals surface area (Å²) in [7, 11) is -4.52. The van der Waals surface area contributed by atoms with E-state index in [-0.39, 0.29) is 6.07 Å². The average Bonchev–Trinajstić information content (AvgIpc) is 2.30. The first-order valence-electron chi connectivity index (χ1n) is 4.94. The smallest absolute Gasteiger partial charge is 0.323 e. The van der Waals surface area contributed by atoms with E-state index in [1.54, 1.807) is 0 Å². The Kier molecular flexibility index (Phi) is 4.23. The van der Waals surface area contributed by atoms with Crippen LogP contribution < -0.4 is 4.72 Å². The summed E-state index contributed by atoms with van der Waals surface area (Å²) in [6.07, 6.45) is 0. The van der Waals surface area contributed by atoms with Gasteiger partial charge in [0, 0.05) is 12.1 Å². The zero-order valence-electron chi connectivity index (χ0n) is 9.83. The van der Waals surface area contributed by atoms with Gasteiger partial charge in [-0.2, -0.15) is 4.39 Å². The van der Waals surface area contributed by atoms with Gasteiger partial charge in [0.1, 0.15) is 0 Å². The molecular formula is C9H8F2N2O6S. The van der Waals surface area contributed by atoms with Crippen molar-refractivity contribution in [2.45, 2.75) is 12.2 Å². The Hall–Kier alpha value is -2.30. The first kappa shape index (κ1) is 15.8. The largest absolute Gasteiger partial charge is 0.480 e. The molecule has 1 unspecified atom stereocenters. The van der Waals surface area contributed by atoms with E-state index in [1.807, 2.05) is 0 Å². The maximum Gasteiger partial charge on any atom is 0.323 e. The number of halogens is 2. The number of carboxylic acid groups (broad SMARTS) is 1. The molecule has 0 radical (unpaired) electrons. The van der Waals surface area contributed by atoms with Crippen LogP contribution in [0.4, 0.5) is 20.2 Å². The molecule has 0 aliphatic rings. The van der Waals surface area contributed by atoms with Crippen LogP contribution in [0.2, 0.25) is 0 Å². The van der Waals surface area contributed by atoms with Crippen molar-refractivity contribution in [1.82, 2.24) is 0 Å². The fraction of sp³-hybridized carbons (Fsp3) is 0.222. The fourth-order valence-electron chi connectivity index (χ4n) is 1.13. The van der Waals surface area contributed by atoms with Gasteiger partial charge in [-0.3, -0.25) is 19.6 Å². The van der Waals surface area contributed by atoms with Gasteiger partial charge in [0.05, 0.1) is 10.6 Å². The standard InChI is InChI=1S/C9H8F2N2O6S/c1-4(9(14)15)20(18,19)12-7-3-8(13(16)17)6(11)2-5(7)10/h2-4,12H,1H3,(H,14,15). The summed E-state index contributed by atoms with van der Waals surface area (Å²) in [5.74, 6) is -4.59. The van der Waals surface area contributed by atoms with Crippen LogP contribution >= 0.6 is 0 Å². The van der Waals surface area contributed by atoms with Crippen LogP contribution in [0.5, 0.6) is 0 Å². The molecule has 0 aliphatic heterocycles. The highest BCUT2D eigenvalue weighted by atomic mass is 32.2. The topological polar surface area (TPSA) is 127 Å². The number of anilines is 1. The summed E-state index contributed by atoms with van der Waals surface area (Å²) < 4.78 is 51.0. The van der Waals surface area contributed by atoms with E-state index in [1.165, 1.54) is 4.72 Å². The molecule has 0 bridgehead atoms. The third-order valence-electron chi connectivity index (χ3n) is 2.30. The maximum atomic E-state index is 13.4. The van der Waals surface area contributed by atoms with Crippen LogP contribution in [0.1, 0.15) is 6.92 Å². The molecule has 1 aromatic carbocycles. The Bertz CT molecular complexity index is 675. The quantitative estimate of drug-likeness (QED) is 0.619. The molecule has 0 heterocycles. The third-order valence-corrected chi connectivity index (χ3v) is 3.94. The minimum Gasteiger partial charge on any atom is -0.480 e. The van der Waals surface area contributed by atoms with Gasteiger partial charge in [-0.25, -0.2) is 12.8 Å². The highest BCUT2D eigenvalue weighted by Crippen LogP contribution is 2.26. The Morgan fingerprint density at radius 2 is 1.95 bits per heavy atom. The molecule has 110 valence electrons. The number of carboxylic acids is 1. The van der Waals surface area contributed by atoms with Crippen molar-refractivity contribution in [2.24, 2.45) is 0 Å². The minimum absolute atomic E-state index is 0.126. The van der Waals surface area contributed by atoms with Gasteiger partial charge in [-0.1, -0.05) is 0 Å². The zero-order chi connectivity index (χ0) is 15.7. The number of rotatable bonds is 5. The van der Waals surface area contributed by atoms with Crippen molar-refractivity contribution in [3.63, 3.8) is 0 Å². The molecule has 1 rings (SSSR count). The summed E-state index contributed by atoms with van der Waals surface area (Å²) >= 11 is 0. The van der Waals surface area contributed by atoms with Crippen LogP contribution in [0, 0.1) is 21.7 Å². The molecule has 0 spiro atoms. The highest BCUT2D eigenvalue weighted by Gasteiger charge is 2.29. The number of carbonyl (C=O) groups is 1. The number of nitrogens with one attached hydrogen (secondary N) is 1. The average molecular weight is 310 g/mol. The van der Waals surface area contributed by atoms with Gasteiger partial charge in [0.2, 0.25) is 15.8 Å². The Balaban J connectivity index is 3.26.